The molecule has 2 aromatic rings. The summed E-state index contributed by atoms with van der Waals surface area (Å²) in [6.07, 6.45) is 7.28. The van der Waals surface area contributed by atoms with Crippen LogP contribution in [-0.4, -0.2) is 28.2 Å². The van der Waals surface area contributed by atoms with Crippen molar-refractivity contribution in [2.45, 2.75) is 51.5 Å². The van der Waals surface area contributed by atoms with Crippen molar-refractivity contribution in [3.63, 3.8) is 0 Å². The monoisotopic (exact) mass is 383 g/mol. The number of fused-ring (bicyclic) bond motifs is 1. The van der Waals surface area contributed by atoms with E-state index in [0.29, 0.717) is 18.2 Å². The van der Waals surface area contributed by atoms with E-state index in [9.17, 15) is 9.59 Å². The number of hydrogen-bond donors (Lipinski definition) is 1. The summed E-state index contributed by atoms with van der Waals surface area (Å²) in [5.41, 5.74) is 2.25. The van der Waals surface area contributed by atoms with E-state index in [1.807, 2.05) is 30.3 Å². The van der Waals surface area contributed by atoms with Gasteiger partial charge in [0.1, 0.15) is 0 Å². The van der Waals surface area contributed by atoms with Gasteiger partial charge in [-0.3, -0.25) is 9.59 Å². The zero-order valence-corrected chi connectivity index (χ0v) is 16.3. The van der Waals surface area contributed by atoms with Gasteiger partial charge in [-0.05, 0) is 31.2 Å². The Morgan fingerprint density at radius 2 is 1.93 bits per heavy atom. The van der Waals surface area contributed by atoms with Crippen LogP contribution < -0.4 is 5.32 Å². The summed E-state index contributed by atoms with van der Waals surface area (Å²) < 4.78 is 0. The van der Waals surface area contributed by atoms with Crippen molar-refractivity contribution in [2.75, 3.05) is 11.9 Å². The van der Waals surface area contributed by atoms with Gasteiger partial charge in [-0.15, -0.1) is 11.3 Å². The molecule has 5 nitrogen and oxygen atoms in total. The summed E-state index contributed by atoms with van der Waals surface area (Å²) in [7, 11) is 0. The van der Waals surface area contributed by atoms with Crippen LogP contribution in [0.1, 0.15) is 48.2 Å². The first kappa shape index (κ1) is 18.2. The molecule has 1 saturated heterocycles. The highest BCUT2D eigenvalue weighted by Gasteiger charge is 2.34. The van der Waals surface area contributed by atoms with Crippen LogP contribution in [0.3, 0.4) is 0 Å². The number of nitrogens with one attached hydrogen (secondary N) is 1. The minimum absolute atomic E-state index is 0.0467. The van der Waals surface area contributed by atoms with Crippen LogP contribution in [0.25, 0.3) is 0 Å². The molecule has 0 radical (unpaired) electrons. The van der Waals surface area contributed by atoms with E-state index in [0.717, 1.165) is 24.1 Å². The van der Waals surface area contributed by atoms with Crippen molar-refractivity contribution < 1.29 is 9.59 Å². The molecule has 0 saturated carbocycles. The summed E-state index contributed by atoms with van der Waals surface area (Å²) in [6.45, 7) is 1.04. The predicted molar refractivity (Wildman–Crippen MR) is 107 cm³/mol. The zero-order valence-electron chi connectivity index (χ0n) is 15.4. The Labute approximate surface area is 163 Å². The number of aryl methyl sites for hydroxylation is 2. The predicted octanol–water partition coefficient (Wildman–Crippen LogP) is 3.79. The van der Waals surface area contributed by atoms with Crippen LogP contribution in [0, 0.1) is 5.92 Å². The normalized spacial score (nSPS) is 20.1. The summed E-state index contributed by atoms with van der Waals surface area (Å²) in [4.78, 5) is 32.8. The largest absolute Gasteiger partial charge is 0.338 e. The van der Waals surface area contributed by atoms with Crippen molar-refractivity contribution in [3.8, 4) is 0 Å². The van der Waals surface area contributed by atoms with Gasteiger partial charge in [0.05, 0.1) is 11.6 Å². The number of aromatic nitrogens is 1. The molecule has 0 bridgehead atoms. The lowest BCUT2D eigenvalue weighted by Crippen LogP contribution is -2.28. The Morgan fingerprint density at radius 3 is 2.74 bits per heavy atom. The van der Waals surface area contributed by atoms with Gasteiger partial charge in [-0.2, -0.15) is 0 Å². The fourth-order valence-corrected chi connectivity index (χ4v) is 4.92. The molecule has 1 aromatic heterocycles. The number of carbonyl (C=O) groups excluding carboxylic acids is 2. The number of likely N-dealkylation sites (tertiary alicyclic amines) is 1. The first-order valence-corrected chi connectivity index (χ1v) is 10.6. The highest BCUT2D eigenvalue weighted by molar-refractivity contribution is 7.15. The third-order valence-electron chi connectivity index (χ3n) is 5.38. The van der Waals surface area contributed by atoms with Crippen molar-refractivity contribution in [3.05, 3.63) is 46.5 Å². The number of thiazole rings is 1. The molecule has 6 heteroatoms. The number of anilines is 1. The second-order valence-electron chi connectivity index (χ2n) is 7.45. The van der Waals surface area contributed by atoms with Crippen molar-refractivity contribution >= 4 is 28.3 Å². The van der Waals surface area contributed by atoms with E-state index >= 15 is 0 Å². The first-order chi connectivity index (χ1) is 13.2. The van der Waals surface area contributed by atoms with E-state index in [2.05, 4.69) is 10.3 Å². The third kappa shape index (κ3) is 4.38. The van der Waals surface area contributed by atoms with Crippen LogP contribution in [-0.2, 0) is 29.0 Å². The van der Waals surface area contributed by atoms with Gasteiger partial charge in [0.25, 0.3) is 0 Å². The summed E-state index contributed by atoms with van der Waals surface area (Å²) >= 11 is 1.61. The minimum atomic E-state index is -0.298. The van der Waals surface area contributed by atoms with Gasteiger partial charge in [0.2, 0.25) is 11.8 Å². The maximum Gasteiger partial charge on any atom is 0.231 e. The molecule has 2 aliphatic rings. The molecule has 4 rings (SSSR count). The molecule has 1 fully saturated rings. The van der Waals surface area contributed by atoms with Gasteiger partial charge in [0, 0.05) is 24.4 Å². The average Bonchev–Trinajstić information content (AvgIpc) is 3.19. The summed E-state index contributed by atoms with van der Waals surface area (Å²) in [6, 6.07) is 9.91. The smallest absolute Gasteiger partial charge is 0.231 e. The number of hydrogen-bond acceptors (Lipinski definition) is 4. The van der Waals surface area contributed by atoms with E-state index in [1.165, 1.54) is 30.6 Å². The molecule has 1 atom stereocenters. The SMILES string of the molecule is O=C(Nc1nc2c(s1)CCCCCC2)C1CC(=O)N(Cc2ccccc2)C1. The Kier molecular flexibility index (Phi) is 5.53. The molecule has 1 aliphatic heterocycles. The molecular formula is C21H25N3O2S. The summed E-state index contributed by atoms with van der Waals surface area (Å²) in [5.74, 6) is -0.334. The zero-order chi connectivity index (χ0) is 18.6. The average molecular weight is 384 g/mol. The topological polar surface area (TPSA) is 62.3 Å². The molecule has 27 heavy (non-hydrogen) atoms. The van der Waals surface area contributed by atoms with E-state index in [1.54, 1.807) is 16.2 Å². The van der Waals surface area contributed by atoms with Crippen molar-refractivity contribution in [2.24, 2.45) is 5.92 Å². The number of carbonyl (C=O) groups is 2. The number of nitrogens with zero attached hydrogens (tertiary/aromatic N) is 2. The molecule has 1 unspecified atom stereocenters. The van der Waals surface area contributed by atoms with Crippen LogP contribution in [0.2, 0.25) is 0 Å². The lowest BCUT2D eigenvalue weighted by atomic mass is 10.0. The van der Waals surface area contributed by atoms with E-state index < -0.39 is 0 Å². The Balaban J connectivity index is 1.37. The second kappa shape index (κ2) is 8.21. The maximum absolute atomic E-state index is 12.7. The Hall–Kier alpha value is -2.21. The van der Waals surface area contributed by atoms with E-state index in [4.69, 9.17) is 0 Å². The van der Waals surface area contributed by atoms with Gasteiger partial charge < -0.3 is 10.2 Å². The van der Waals surface area contributed by atoms with Gasteiger partial charge >= 0.3 is 0 Å². The van der Waals surface area contributed by atoms with Crippen molar-refractivity contribution in [1.82, 2.24) is 9.88 Å². The molecule has 2 heterocycles. The Bertz CT molecular complexity index is 793. The lowest BCUT2D eigenvalue weighted by Gasteiger charge is -2.16. The minimum Gasteiger partial charge on any atom is -0.338 e. The van der Waals surface area contributed by atoms with Crippen LogP contribution in [0.5, 0.6) is 0 Å². The fourth-order valence-electron chi connectivity index (χ4n) is 3.87. The highest BCUT2D eigenvalue weighted by Crippen LogP contribution is 2.29. The quantitative estimate of drug-likeness (QED) is 0.874. The molecular weight excluding hydrogens is 358 g/mol. The Morgan fingerprint density at radius 1 is 1.15 bits per heavy atom. The van der Waals surface area contributed by atoms with Crippen LogP contribution >= 0.6 is 11.3 Å². The highest BCUT2D eigenvalue weighted by atomic mass is 32.1. The number of amides is 2. The molecule has 0 spiro atoms. The molecule has 1 N–H and O–H groups in total. The summed E-state index contributed by atoms with van der Waals surface area (Å²) in [5, 5.41) is 3.67. The van der Waals surface area contributed by atoms with E-state index in [-0.39, 0.29) is 24.2 Å². The lowest BCUT2D eigenvalue weighted by molar-refractivity contribution is -0.128. The fraction of sp³-hybridized carbons (Fsp3) is 0.476. The van der Waals surface area contributed by atoms with Gasteiger partial charge in [0.15, 0.2) is 5.13 Å². The second-order valence-corrected chi connectivity index (χ2v) is 8.54. The van der Waals surface area contributed by atoms with Crippen LogP contribution in [0.4, 0.5) is 5.13 Å². The number of rotatable bonds is 4. The number of benzene rings is 1. The standard InChI is InChI=1S/C21H25N3O2S/c25-19-12-16(14-24(19)13-15-8-4-3-5-9-15)20(26)23-21-22-17-10-6-1-2-7-11-18(17)27-21/h3-5,8-9,16H,1-2,6-7,10-14H2,(H,22,23,26). The van der Waals surface area contributed by atoms with Gasteiger partial charge in [-0.25, -0.2) is 4.98 Å². The molecule has 1 aliphatic carbocycles. The molecule has 1 aromatic carbocycles. The molecule has 142 valence electrons. The van der Waals surface area contributed by atoms with Gasteiger partial charge in [-0.1, -0.05) is 43.2 Å². The molecule has 2 amide bonds. The maximum atomic E-state index is 12.7. The third-order valence-corrected chi connectivity index (χ3v) is 6.45. The van der Waals surface area contributed by atoms with Crippen molar-refractivity contribution in [1.29, 1.82) is 0 Å². The first-order valence-electron chi connectivity index (χ1n) is 9.80. The van der Waals surface area contributed by atoms with Crippen LogP contribution in [0.15, 0.2) is 30.3 Å².